The van der Waals surface area contributed by atoms with Gasteiger partial charge < -0.3 is 0 Å². The molecule has 0 spiro atoms. The van der Waals surface area contributed by atoms with Crippen molar-refractivity contribution in [2.24, 2.45) is 0 Å². The Balaban J connectivity index is 1.96. The van der Waals surface area contributed by atoms with Gasteiger partial charge in [0.1, 0.15) is 5.82 Å². The molecule has 1 aromatic carbocycles. The standard InChI is InChI=1S/C12H10FNS/c13-11-6-7-12(14-8-11)15-9-10-4-2-1-3-5-10/h1-8H,9H2. The largest absolute Gasteiger partial charge is 0.247 e. The van der Waals surface area contributed by atoms with Gasteiger partial charge in [0.15, 0.2) is 0 Å². The summed E-state index contributed by atoms with van der Waals surface area (Å²) < 4.78 is 12.6. The van der Waals surface area contributed by atoms with Crippen LogP contribution in [0.1, 0.15) is 5.56 Å². The molecular weight excluding hydrogens is 209 g/mol. The molecule has 0 fully saturated rings. The Morgan fingerprint density at radius 1 is 1.07 bits per heavy atom. The van der Waals surface area contributed by atoms with E-state index in [0.717, 1.165) is 10.8 Å². The normalized spacial score (nSPS) is 10.2. The maximum absolute atomic E-state index is 12.6. The van der Waals surface area contributed by atoms with E-state index < -0.39 is 0 Å². The van der Waals surface area contributed by atoms with Crippen molar-refractivity contribution < 1.29 is 4.39 Å². The number of halogens is 1. The van der Waals surface area contributed by atoms with Crippen molar-refractivity contribution in [3.8, 4) is 0 Å². The molecule has 0 saturated heterocycles. The van der Waals surface area contributed by atoms with Crippen molar-refractivity contribution in [1.29, 1.82) is 0 Å². The van der Waals surface area contributed by atoms with Crippen molar-refractivity contribution in [1.82, 2.24) is 4.98 Å². The van der Waals surface area contributed by atoms with Crippen LogP contribution >= 0.6 is 11.8 Å². The summed E-state index contributed by atoms with van der Waals surface area (Å²) in [7, 11) is 0. The van der Waals surface area contributed by atoms with Crippen LogP contribution in [-0.2, 0) is 5.75 Å². The molecule has 0 bridgehead atoms. The summed E-state index contributed by atoms with van der Waals surface area (Å²) in [6.07, 6.45) is 1.24. The average Bonchev–Trinajstić information content (AvgIpc) is 2.30. The quantitative estimate of drug-likeness (QED) is 0.733. The molecule has 2 aromatic rings. The number of benzene rings is 1. The van der Waals surface area contributed by atoms with Gasteiger partial charge in [-0.05, 0) is 17.7 Å². The summed E-state index contributed by atoms with van der Waals surface area (Å²) in [5, 5.41) is 0.847. The highest BCUT2D eigenvalue weighted by atomic mass is 32.2. The summed E-state index contributed by atoms with van der Waals surface area (Å²) in [5.74, 6) is 0.568. The van der Waals surface area contributed by atoms with E-state index in [2.05, 4.69) is 17.1 Å². The zero-order valence-electron chi connectivity index (χ0n) is 8.06. The van der Waals surface area contributed by atoms with Gasteiger partial charge in [0, 0.05) is 5.75 Å². The second-order valence-corrected chi connectivity index (χ2v) is 4.08. The summed E-state index contributed by atoms with van der Waals surface area (Å²) in [6, 6.07) is 13.3. The highest BCUT2D eigenvalue weighted by molar-refractivity contribution is 7.98. The Morgan fingerprint density at radius 3 is 2.53 bits per heavy atom. The zero-order chi connectivity index (χ0) is 10.5. The summed E-state index contributed by atoms with van der Waals surface area (Å²) in [4.78, 5) is 3.98. The smallest absolute Gasteiger partial charge is 0.141 e. The Hall–Kier alpha value is -1.35. The van der Waals surface area contributed by atoms with Gasteiger partial charge in [0.2, 0.25) is 0 Å². The van der Waals surface area contributed by atoms with Crippen LogP contribution in [0, 0.1) is 5.82 Å². The molecule has 0 aliphatic heterocycles. The van der Waals surface area contributed by atoms with E-state index in [1.807, 2.05) is 18.2 Å². The van der Waals surface area contributed by atoms with Crippen LogP contribution in [0.15, 0.2) is 53.7 Å². The fraction of sp³-hybridized carbons (Fsp3) is 0.0833. The molecule has 0 atom stereocenters. The lowest BCUT2D eigenvalue weighted by Crippen LogP contribution is -1.83. The molecule has 1 heterocycles. The molecule has 76 valence electrons. The molecule has 0 aliphatic carbocycles. The van der Waals surface area contributed by atoms with Crippen LogP contribution in [0.25, 0.3) is 0 Å². The van der Waals surface area contributed by atoms with Crippen LogP contribution in [-0.4, -0.2) is 4.98 Å². The van der Waals surface area contributed by atoms with Gasteiger partial charge in [-0.25, -0.2) is 9.37 Å². The number of nitrogens with zero attached hydrogens (tertiary/aromatic N) is 1. The van der Waals surface area contributed by atoms with Crippen LogP contribution in [0.3, 0.4) is 0 Å². The van der Waals surface area contributed by atoms with E-state index in [9.17, 15) is 4.39 Å². The van der Waals surface area contributed by atoms with Gasteiger partial charge in [-0.3, -0.25) is 0 Å². The molecule has 0 unspecified atom stereocenters. The number of rotatable bonds is 3. The van der Waals surface area contributed by atoms with E-state index in [0.29, 0.717) is 0 Å². The third-order valence-corrected chi connectivity index (χ3v) is 2.94. The molecule has 2 rings (SSSR count). The Bertz CT molecular complexity index is 413. The lowest BCUT2D eigenvalue weighted by atomic mass is 10.2. The molecule has 0 aliphatic rings. The lowest BCUT2D eigenvalue weighted by Gasteiger charge is -2.00. The van der Waals surface area contributed by atoms with Crippen molar-refractivity contribution >= 4 is 11.8 Å². The minimum Gasteiger partial charge on any atom is -0.247 e. The average molecular weight is 219 g/mol. The van der Waals surface area contributed by atoms with Crippen LogP contribution < -0.4 is 0 Å². The van der Waals surface area contributed by atoms with Gasteiger partial charge >= 0.3 is 0 Å². The molecule has 1 nitrogen and oxygen atoms in total. The van der Waals surface area contributed by atoms with Crippen molar-refractivity contribution in [2.75, 3.05) is 0 Å². The number of hydrogen-bond acceptors (Lipinski definition) is 2. The highest BCUT2D eigenvalue weighted by Gasteiger charge is 1.97. The van der Waals surface area contributed by atoms with Crippen LogP contribution in [0.5, 0.6) is 0 Å². The van der Waals surface area contributed by atoms with E-state index in [-0.39, 0.29) is 5.82 Å². The molecule has 0 radical (unpaired) electrons. The molecule has 3 heteroatoms. The minimum absolute atomic E-state index is 0.293. The summed E-state index contributed by atoms with van der Waals surface area (Å²) in [5.41, 5.74) is 1.24. The van der Waals surface area contributed by atoms with Crippen molar-refractivity contribution in [3.05, 3.63) is 60.0 Å². The minimum atomic E-state index is -0.293. The first-order valence-corrected chi connectivity index (χ1v) is 5.61. The van der Waals surface area contributed by atoms with Gasteiger partial charge in [-0.15, -0.1) is 11.8 Å². The predicted molar refractivity (Wildman–Crippen MR) is 60.2 cm³/mol. The van der Waals surface area contributed by atoms with Crippen LogP contribution in [0.2, 0.25) is 0 Å². The first-order valence-electron chi connectivity index (χ1n) is 4.63. The van der Waals surface area contributed by atoms with E-state index >= 15 is 0 Å². The topological polar surface area (TPSA) is 12.9 Å². The molecule has 1 aromatic heterocycles. The van der Waals surface area contributed by atoms with Gasteiger partial charge in [0.25, 0.3) is 0 Å². The number of hydrogen-bond donors (Lipinski definition) is 0. The number of aromatic nitrogens is 1. The van der Waals surface area contributed by atoms with Gasteiger partial charge in [-0.1, -0.05) is 30.3 Å². The maximum atomic E-state index is 12.6. The lowest BCUT2D eigenvalue weighted by molar-refractivity contribution is 0.618. The highest BCUT2D eigenvalue weighted by Crippen LogP contribution is 2.20. The van der Waals surface area contributed by atoms with E-state index in [4.69, 9.17) is 0 Å². The van der Waals surface area contributed by atoms with Crippen LogP contribution in [0.4, 0.5) is 4.39 Å². The Morgan fingerprint density at radius 2 is 1.87 bits per heavy atom. The SMILES string of the molecule is Fc1ccc(SCc2ccccc2)nc1. The molecule has 0 N–H and O–H groups in total. The number of thioether (sulfide) groups is 1. The summed E-state index contributed by atoms with van der Waals surface area (Å²) >= 11 is 1.60. The van der Waals surface area contributed by atoms with E-state index in [1.165, 1.54) is 17.8 Å². The molecular formula is C12H10FNS. The third-order valence-electron chi connectivity index (χ3n) is 1.93. The van der Waals surface area contributed by atoms with Gasteiger partial charge in [0.05, 0.1) is 11.2 Å². The van der Waals surface area contributed by atoms with Gasteiger partial charge in [-0.2, -0.15) is 0 Å². The first-order chi connectivity index (χ1) is 7.34. The molecule has 0 saturated carbocycles. The Kier molecular flexibility index (Phi) is 3.35. The zero-order valence-corrected chi connectivity index (χ0v) is 8.88. The molecule has 15 heavy (non-hydrogen) atoms. The summed E-state index contributed by atoms with van der Waals surface area (Å²) in [6.45, 7) is 0. The van der Waals surface area contributed by atoms with Crippen molar-refractivity contribution in [2.45, 2.75) is 10.8 Å². The Labute approximate surface area is 92.4 Å². The predicted octanol–water partition coefficient (Wildman–Crippen LogP) is 3.51. The monoisotopic (exact) mass is 219 g/mol. The number of pyridine rings is 1. The molecule has 0 amide bonds. The second-order valence-electron chi connectivity index (χ2n) is 3.09. The first kappa shape index (κ1) is 10.2. The second kappa shape index (κ2) is 4.94. The van der Waals surface area contributed by atoms with Crippen molar-refractivity contribution in [3.63, 3.8) is 0 Å². The third kappa shape index (κ3) is 3.06. The van der Waals surface area contributed by atoms with E-state index in [1.54, 1.807) is 17.8 Å². The fourth-order valence-electron chi connectivity index (χ4n) is 1.18. The maximum Gasteiger partial charge on any atom is 0.141 e. The fourth-order valence-corrected chi connectivity index (χ4v) is 1.98.